The molecule has 0 radical (unpaired) electrons. The Bertz CT molecular complexity index is 4140. The van der Waals surface area contributed by atoms with Crippen LogP contribution in [0.2, 0.25) is 0 Å². The van der Waals surface area contributed by atoms with Crippen molar-refractivity contribution in [3.05, 3.63) is 115 Å². The number of hydrogen-bond donors (Lipinski definition) is 3. The van der Waals surface area contributed by atoms with Crippen molar-refractivity contribution in [3.63, 3.8) is 0 Å². The fourth-order valence-corrected chi connectivity index (χ4v) is 20.3. The van der Waals surface area contributed by atoms with Gasteiger partial charge in [0.15, 0.2) is 30.9 Å². The number of halogens is 2. The number of carbonyl (C=O) groups is 9. The molecule has 15 rings (SSSR count). The predicted molar refractivity (Wildman–Crippen MR) is 442 cm³/mol. The summed E-state index contributed by atoms with van der Waals surface area (Å²) in [4.78, 5) is 111. The molecular formula is C93H128F2NO21S2Zn+. The zero-order chi connectivity index (χ0) is 88.3. The number of carboxylic acids is 2. The van der Waals surface area contributed by atoms with Crippen molar-refractivity contribution in [2.75, 3.05) is 5.32 Å². The van der Waals surface area contributed by atoms with E-state index in [1.54, 1.807) is 45.0 Å². The van der Waals surface area contributed by atoms with E-state index in [4.69, 9.17) is 33.9 Å². The number of ether oxygens (including phenoxy) is 6. The van der Waals surface area contributed by atoms with Crippen LogP contribution in [-0.4, -0.2) is 118 Å². The summed E-state index contributed by atoms with van der Waals surface area (Å²) in [6, 6.07) is 38.6. The van der Waals surface area contributed by atoms with Crippen molar-refractivity contribution < 1.29 is 128 Å². The van der Waals surface area contributed by atoms with Gasteiger partial charge in [0.25, 0.3) is 0 Å². The van der Waals surface area contributed by atoms with E-state index in [2.05, 4.69) is 108 Å². The van der Waals surface area contributed by atoms with Gasteiger partial charge in [-0.1, -0.05) is 116 Å². The molecule has 12 unspecified atom stereocenters. The van der Waals surface area contributed by atoms with Crippen LogP contribution < -0.4 is 10.4 Å². The van der Waals surface area contributed by atoms with Gasteiger partial charge < -0.3 is 58.4 Å². The van der Waals surface area contributed by atoms with Gasteiger partial charge in [-0.15, -0.1) is 0 Å². The van der Waals surface area contributed by atoms with E-state index >= 15 is 0 Å². The maximum atomic E-state index is 13.3. The number of phenolic OH excluding ortho intramolecular Hbond substituents is 1. The summed E-state index contributed by atoms with van der Waals surface area (Å²) in [5, 5.41) is 26.8. The molecule has 1 amide bonds. The minimum Gasteiger partial charge on any atom is -0.743 e. The first-order valence-corrected chi connectivity index (χ1v) is 45.3. The molecule has 27 heteroatoms. The van der Waals surface area contributed by atoms with Crippen molar-refractivity contribution in [3.8, 4) is 5.75 Å². The smallest absolute Gasteiger partial charge is 0.743 e. The molecule has 9 saturated carbocycles. The molecule has 4 aromatic carbocycles. The first kappa shape index (κ1) is 99.8. The molecule has 4 aromatic rings. The van der Waals surface area contributed by atoms with Gasteiger partial charge in [0.1, 0.15) is 35.8 Å². The summed E-state index contributed by atoms with van der Waals surface area (Å²) in [5.74, 6) is -1.82. The van der Waals surface area contributed by atoms with Crippen LogP contribution >= 0.6 is 0 Å². The minimum absolute atomic E-state index is 0. The second kappa shape index (κ2) is 41.0. The van der Waals surface area contributed by atoms with Crippen LogP contribution in [0.25, 0.3) is 0 Å². The van der Waals surface area contributed by atoms with Gasteiger partial charge in [0.05, 0.1) is 50.3 Å². The summed E-state index contributed by atoms with van der Waals surface area (Å²) >= 11 is 0. The third-order valence-electron chi connectivity index (χ3n) is 27.3. The zero-order valence-corrected chi connectivity index (χ0v) is 77.8. The van der Waals surface area contributed by atoms with Gasteiger partial charge in [-0.05, 0) is 263 Å². The third kappa shape index (κ3) is 23.6. The molecular weight excluding hydrogens is 1630 g/mol. The molecule has 9 aliphatic carbocycles. The van der Waals surface area contributed by atoms with E-state index < -0.39 is 96.1 Å². The normalized spacial score (nSPS) is 26.9. The summed E-state index contributed by atoms with van der Waals surface area (Å²) in [5.41, 5.74) is -3.07. The summed E-state index contributed by atoms with van der Waals surface area (Å²) in [6.07, 6.45) is 14.6. The molecule has 0 aromatic heterocycles. The first-order chi connectivity index (χ1) is 55.6. The SMILES string of the molecule is CCC(C)(C)C(=O)Nc1ccc(O)cc1.CCC(C)(C)C(=O)O.CCC(C)(C)C(=O)OC(C)C(F)(F)S(=O)(=O)[O-].CCC(C)(C)C(=O)OC1C2CC3C(=O)OC1C3C2.CCC1(OC(=O)C2C3CC4C(OC(=O)C42)C3OC(=O)C(C)(C)CC)CCCCC1.O=C([O-])C12CC3CC(CC(C3)C1)C2.[Zn+2].c1ccc([S+](c2ccccc2)c2ccccc2)cc1. The minimum atomic E-state index is -5.86. The number of phenols is 1. The van der Waals surface area contributed by atoms with Crippen LogP contribution in [0.5, 0.6) is 5.75 Å². The Labute approximate surface area is 724 Å². The van der Waals surface area contributed by atoms with Crippen molar-refractivity contribution in [1.82, 2.24) is 0 Å². The molecule has 3 N–H and O–H groups in total. The van der Waals surface area contributed by atoms with E-state index in [1.807, 2.05) is 69.2 Å². The number of carbonyl (C=O) groups excluding carboxylic acids is 8. The average molecular weight is 1760 g/mol. The largest absolute Gasteiger partial charge is 2.00 e. The van der Waals surface area contributed by atoms with Crippen LogP contribution in [0.1, 0.15) is 246 Å². The van der Waals surface area contributed by atoms with Gasteiger partial charge in [0.2, 0.25) is 5.91 Å². The Morgan fingerprint density at radius 3 is 1.40 bits per heavy atom. The molecule has 11 aliphatic rings. The van der Waals surface area contributed by atoms with Gasteiger partial charge in [0, 0.05) is 46.2 Å². The summed E-state index contributed by atoms with van der Waals surface area (Å²) in [7, 11) is -5.87. The second-order valence-electron chi connectivity index (χ2n) is 37.5. The number of hydrogen-bond acceptors (Lipinski definition) is 20. The number of anilines is 1. The first-order valence-electron chi connectivity index (χ1n) is 42.7. The Morgan fingerprint density at radius 1 is 0.567 bits per heavy atom. The predicted octanol–water partition coefficient (Wildman–Crippen LogP) is 17.2. The Hall–Kier alpha value is -7.35. The number of fused-ring (bicyclic) bond motifs is 2. The van der Waals surface area contributed by atoms with E-state index in [0.717, 1.165) is 77.0 Å². The number of aromatic hydroxyl groups is 1. The number of amides is 1. The van der Waals surface area contributed by atoms with Crippen molar-refractivity contribution in [1.29, 1.82) is 0 Å². The van der Waals surface area contributed by atoms with Gasteiger partial charge in [-0.3, -0.25) is 38.4 Å². The van der Waals surface area contributed by atoms with Crippen LogP contribution in [0, 0.1) is 91.7 Å². The van der Waals surface area contributed by atoms with Crippen LogP contribution in [0.15, 0.2) is 130 Å². The second-order valence-corrected chi connectivity index (χ2v) is 40.9. The Kier molecular flexibility index (Phi) is 34.1. The Morgan fingerprint density at radius 2 is 0.992 bits per heavy atom. The molecule has 120 heavy (non-hydrogen) atoms. The molecule has 8 bridgehead atoms. The summed E-state index contributed by atoms with van der Waals surface area (Å²) < 4.78 is 89.9. The molecule has 22 nitrogen and oxygen atoms in total. The van der Waals surface area contributed by atoms with E-state index in [1.165, 1.54) is 54.2 Å². The van der Waals surface area contributed by atoms with E-state index in [0.29, 0.717) is 67.9 Å². The number of nitrogens with one attached hydrogen (secondary N) is 1. The fourth-order valence-electron chi connectivity index (χ4n) is 17.7. The average Bonchev–Trinajstić information content (AvgIpc) is 1.54. The monoisotopic (exact) mass is 1760 g/mol. The zero-order valence-electron chi connectivity index (χ0n) is 73.2. The van der Waals surface area contributed by atoms with E-state index in [-0.39, 0.29) is 107 Å². The topological polar surface area (TPSA) is 342 Å². The number of esters is 6. The number of carboxylic acid groups (broad SMARTS) is 2. The molecule has 2 aliphatic heterocycles. The third-order valence-corrected chi connectivity index (χ3v) is 30.6. The number of rotatable bonds is 23. The quantitative estimate of drug-likeness (QED) is 0.0155. The molecule has 658 valence electrons. The van der Waals surface area contributed by atoms with E-state index in [9.17, 15) is 70.0 Å². The molecule has 0 spiro atoms. The maximum absolute atomic E-state index is 13.3. The Balaban J connectivity index is 0.000000198. The molecule has 11 fully saturated rings. The van der Waals surface area contributed by atoms with Crippen molar-refractivity contribution in [2.24, 2.45) is 91.7 Å². The van der Waals surface area contributed by atoms with Gasteiger partial charge in [-0.2, -0.15) is 8.78 Å². The fraction of sp³-hybridized carbons (Fsp3) is 0.645. The van der Waals surface area contributed by atoms with Crippen LogP contribution in [0.3, 0.4) is 0 Å². The van der Waals surface area contributed by atoms with Gasteiger partial charge >= 0.3 is 66.5 Å². The molecule has 12 atom stereocenters. The van der Waals surface area contributed by atoms with Crippen molar-refractivity contribution >= 4 is 80.4 Å². The number of alkyl halides is 2. The molecule has 2 heterocycles. The number of benzene rings is 4. The van der Waals surface area contributed by atoms with Crippen LogP contribution in [-0.2, 0) is 112 Å². The van der Waals surface area contributed by atoms with Crippen molar-refractivity contribution in [2.45, 2.75) is 302 Å². The molecule has 2 saturated heterocycles. The standard InChI is InChI=1S/C23H34O6.C18H15S.C14H20O4.C12H17NO2.C11H16O2.C9H16F2O5S.C6H12O2.Zn/c1-5-22(3,4)21(26)28-18-14-12-13-15(19(24)27-17(13)18)16(14)20(25)29-23(6-2)10-8-7-9-11-23;1-4-10-16(11-5-1)19(17-12-6-2-7-13-17)18-14-8-3-9-15-18;1-4-14(2,3)13(16)18-10-7-5-8-9(6-7)12(15)17-11(8)10;1-4-12(2,3)11(15)13-9-5-7-10(14)8-6-9;12-10(13)11-4-7-1-8(5-11)3-9(2-7)6-11;1-5-8(3,4)7(12)16-6(2)9(10,11)17(13,14)15;1-4-6(2,3)5(7)8;/h13-18H,5-12H2,1-4H3;1-15H;7-11H,4-6H2,1-3H3;5-8,14H,4H2,1-3H3,(H,13,15);7-9H,1-6H2,(H,12,13);6H,5H2,1-4H3,(H,13,14,15);4H2,1-3H3,(H,7,8);/q;+1;;;;;;+2/p-2. The number of aliphatic carboxylic acids is 2. The maximum Gasteiger partial charge on any atom is 2.00 e. The van der Waals surface area contributed by atoms with Crippen LogP contribution in [0.4, 0.5) is 14.5 Å². The summed E-state index contributed by atoms with van der Waals surface area (Å²) in [6.45, 7) is 29.8. The van der Waals surface area contributed by atoms with Gasteiger partial charge in [-0.25, -0.2) is 8.42 Å².